The van der Waals surface area contributed by atoms with Gasteiger partial charge in [0, 0.05) is 19.2 Å². The van der Waals surface area contributed by atoms with E-state index < -0.39 is 0 Å². The van der Waals surface area contributed by atoms with Crippen LogP contribution in [0.5, 0.6) is 0 Å². The van der Waals surface area contributed by atoms with Crippen LogP contribution in [0.2, 0.25) is 0 Å². The molecule has 0 aromatic carbocycles. The fourth-order valence-corrected chi connectivity index (χ4v) is 3.66. The molecular weight excluding hydrogens is 256 g/mol. The summed E-state index contributed by atoms with van der Waals surface area (Å²) in [5, 5.41) is 4.37. The third-order valence-electron chi connectivity index (χ3n) is 4.04. The zero-order valence-electron chi connectivity index (χ0n) is 12.0. The Kier molecular flexibility index (Phi) is 5.82. The monoisotopic (exact) mass is 282 g/mol. The van der Waals surface area contributed by atoms with Crippen LogP contribution in [-0.2, 0) is 4.74 Å². The number of thiophene rings is 1. The van der Waals surface area contributed by atoms with Gasteiger partial charge in [-0.25, -0.2) is 0 Å². The van der Waals surface area contributed by atoms with E-state index in [-0.39, 0.29) is 6.04 Å². The molecule has 2 rings (SSSR count). The zero-order chi connectivity index (χ0) is 13.7. The molecule has 0 radical (unpaired) electrons. The third kappa shape index (κ3) is 4.02. The highest BCUT2D eigenvalue weighted by Crippen LogP contribution is 2.27. The Bertz CT molecular complexity index is 349. The van der Waals surface area contributed by atoms with Gasteiger partial charge in [-0.05, 0) is 54.6 Å². The summed E-state index contributed by atoms with van der Waals surface area (Å²) < 4.78 is 5.58. The van der Waals surface area contributed by atoms with Gasteiger partial charge in [-0.3, -0.25) is 4.90 Å². The second-order valence-corrected chi connectivity index (χ2v) is 6.38. The lowest BCUT2D eigenvalue weighted by atomic mass is 9.96. The number of hydrogen-bond donors (Lipinski definition) is 1. The number of hydrogen-bond acceptors (Lipinski definition) is 4. The van der Waals surface area contributed by atoms with Gasteiger partial charge in [-0.15, -0.1) is 0 Å². The smallest absolute Gasteiger partial charge is 0.0506 e. The first kappa shape index (κ1) is 15.0. The topological polar surface area (TPSA) is 38.5 Å². The van der Waals surface area contributed by atoms with Crippen LogP contribution in [0.4, 0.5) is 0 Å². The number of ether oxygens (including phenoxy) is 1. The molecule has 0 saturated carbocycles. The van der Waals surface area contributed by atoms with Gasteiger partial charge in [0.05, 0.1) is 12.6 Å². The summed E-state index contributed by atoms with van der Waals surface area (Å²) >= 11 is 1.75. The molecule has 0 bridgehead atoms. The van der Waals surface area contributed by atoms with Gasteiger partial charge in [0.15, 0.2) is 0 Å². The molecule has 1 fully saturated rings. The SMILES string of the molecule is CCC(N)C(c1ccsc1)N(C)CC1CCCOC1. The van der Waals surface area contributed by atoms with E-state index in [1.54, 1.807) is 11.3 Å². The van der Waals surface area contributed by atoms with Crippen molar-refractivity contribution in [1.29, 1.82) is 0 Å². The van der Waals surface area contributed by atoms with Crippen LogP contribution >= 0.6 is 11.3 Å². The van der Waals surface area contributed by atoms with E-state index in [0.29, 0.717) is 12.0 Å². The Morgan fingerprint density at radius 3 is 3.00 bits per heavy atom. The summed E-state index contributed by atoms with van der Waals surface area (Å²) in [6.07, 6.45) is 3.48. The lowest BCUT2D eigenvalue weighted by Gasteiger charge is -2.35. The molecule has 1 aromatic rings. The molecule has 108 valence electrons. The average Bonchev–Trinajstić information content (AvgIpc) is 2.93. The summed E-state index contributed by atoms with van der Waals surface area (Å²) in [7, 11) is 2.20. The van der Waals surface area contributed by atoms with E-state index in [2.05, 4.69) is 35.7 Å². The van der Waals surface area contributed by atoms with Gasteiger partial charge < -0.3 is 10.5 Å². The first-order valence-electron chi connectivity index (χ1n) is 7.28. The summed E-state index contributed by atoms with van der Waals surface area (Å²) in [6.45, 7) is 5.08. The van der Waals surface area contributed by atoms with Crippen molar-refractivity contribution >= 4 is 11.3 Å². The van der Waals surface area contributed by atoms with Gasteiger partial charge in [0.2, 0.25) is 0 Å². The van der Waals surface area contributed by atoms with Crippen LogP contribution in [0.1, 0.15) is 37.8 Å². The van der Waals surface area contributed by atoms with E-state index in [0.717, 1.165) is 26.2 Å². The summed E-state index contributed by atoms with van der Waals surface area (Å²) in [4.78, 5) is 2.43. The van der Waals surface area contributed by atoms with E-state index in [1.807, 2.05) is 0 Å². The molecule has 3 atom stereocenters. The molecule has 1 aliphatic heterocycles. The Morgan fingerprint density at radius 2 is 2.42 bits per heavy atom. The number of nitrogens with two attached hydrogens (primary N) is 1. The lowest BCUT2D eigenvalue weighted by molar-refractivity contribution is 0.0338. The Balaban J connectivity index is 2.00. The molecular formula is C15H26N2OS. The second kappa shape index (κ2) is 7.39. The maximum Gasteiger partial charge on any atom is 0.0506 e. The predicted molar refractivity (Wildman–Crippen MR) is 81.5 cm³/mol. The van der Waals surface area contributed by atoms with E-state index in [4.69, 9.17) is 10.5 Å². The molecule has 1 saturated heterocycles. The minimum absolute atomic E-state index is 0.198. The Hall–Kier alpha value is -0.420. The van der Waals surface area contributed by atoms with Crippen molar-refractivity contribution in [3.8, 4) is 0 Å². The van der Waals surface area contributed by atoms with Crippen LogP contribution in [0.3, 0.4) is 0 Å². The molecule has 3 unspecified atom stereocenters. The molecule has 2 heterocycles. The molecule has 1 aliphatic rings. The molecule has 2 N–H and O–H groups in total. The Labute approximate surface area is 120 Å². The van der Waals surface area contributed by atoms with Crippen molar-refractivity contribution < 1.29 is 4.74 Å². The molecule has 19 heavy (non-hydrogen) atoms. The van der Waals surface area contributed by atoms with Crippen molar-refractivity contribution in [3.63, 3.8) is 0 Å². The van der Waals surface area contributed by atoms with E-state index in [1.165, 1.54) is 18.4 Å². The maximum absolute atomic E-state index is 6.35. The first-order chi connectivity index (χ1) is 9.22. The van der Waals surface area contributed by atoms with Gasteiger partial charge in [-0.2, -0.15) is 11.3 Å². The highest BCUT2D eigenvalue weighted by molar-refractivity contribution is 7.07. The van der Waals surface area contributed by atoms with Crippen molar-refractivity contribution in [1.82, 2.24) is 4.90 Å². The molecule has 0 spiro atoms. The molecule has 0 amide bonds. The Morgan fingerprint density at radius 1 is 1.58 bits per heavy atom. The molecule has 4 heteroatoms. The first-order valence-corrected chi connectivity index (χ1v) is 8.22. The maximum atomic E-state index is 6.35. The largest absolute Gasteiger partial charge is 0.381 e. The molecule has 1 aromatic heterocycles. The van der Waals surface area contributed by atoms with Gasteiger partial charge >= 0.3 is 0 Å². The zero-order valence-corrected chi connectivity index (χ0v) is 12.9. The molecule has 3 nitrogen and oxygen atoms in total. The minimum atomic E-state index is 0.198. The van der Waals surface area contributed by atoms with Crippen LogP contribution < -0.4 is 5.73 Å². The number of nitrogens with zero attached hydrogens (tertiary/aromatic N) is 1. The van der Waals surface area contributed by atoms with E-state index in [9.17, 15) is 0 Å². The summed E-state index contributed by atoms with van der Waals surface area (Å²) in [5.41, 5.74) is 7.71. The third-order valence-corrected chi connectivity index (χ3v) is 4.74. The van der Waals surface area contributed by atoms with Crippen molar-refractivity contribution in [2.24, 2.45) is 11.7 Å². The van der Waals surface area contributed by atoms with Gasteiger partial charge in [0.1, 0.15) is 0 Å². The number of rotatable bonds is 6. The summed E-state index contributed by atoms with van der Waals surface area (Å²) in [5.74, 6) is 0.656. The number of likely N-dealkylation sites (N-methyl/N-ethyl adjacent to an activating group) is 1. The standard InChI is InChI=1S/C15H26N2OS/c1-3-14(16)15(13-6-8-19-11-13)17(2)9-12-5-4-7-18-10-12/h6,8,11-12,14-15H,3-5,7,9-10,16H2,1-2H3. The highest BCUT2D eigenvalue weighted by Gasteiger charge is 2.26. The highest BCUT2D eigenvalue weighted by atomic mass is 32.1. The summed E-state index contributed by atoms with van der Waals surface area (Å²) in [6, 6.07) is 2.74. The van der Waals surface area contributed by atoms with E-state index >= 15 is 0 Å². The fraction of sp³-hybridized carbons (Fsp3) is 0.733. The quantitative estimate of drug-likeness (QED) is 0.872. The van der Waals surface area contributed by atoms with Gasteiger partial charge in [0.25, 0.3) is 0 Å². The van der Waals surface area contributed by atoms with Crippen LogP contribution in [0.25, 0.3) is 0 Å². The predicted octanol–water partition coefficient (Wildman–Crippen LogP) is 2.88. The van der Waals surface area contributed by atoms with Crippen molar-refractivity contribution in [2.75, 3.05) is 26.8 Å². The molecule has 0 aliphatic carbocycles. The minimum Gasteiger partial charge on any atom is -0.381 e. The lowest BCUT2D eigenvalue weighted by Crippen LogP contribution is -2.41. The van der Waals surface area contributed by atoms with Crippen LogP contribution in [0, 0.1) is 5.92 Å². The van der Waals surface area contributed by atoms with Crippen LogP contribution in [-0.4, -0.2) is 37.7 Å². The van der Waals surface area contributed by atoms with Crippen molar-refractivity contribution in [3.05, 3.63) is 22.4 Å². The fourth-order valence-electron chi connectivity index (χ4n) is 2.97. The normalized spacial score (nSPS) is 23.5. The van der Waals surface area contributed by atoms with Gasteiger partial charge in [-0.1, -0.05) is 6.92 Å². The van der Waals surface area contributed by atoms with Crippen LogP contribution in [0.15, 0.2) is 16.8 Å². The second-order valence-electron chi connectivity index (χ2n) is 5.60. The van der Waals surface area contributed by atoms with Crippen molar-refractivity contribution in [2.45, 2.75) is 38.3 Å². The average molecular weight is 282 g/mol.